The van der Waals surface area contributed by atoms with Gasteiger partial charge in [0.1, 0.15) is 11.6 Å². The minimum absolute atomic E-state index is 0.0713. The van der Waals surface area contributed by atoms with E-state index in [1.165, 1.54) is 0 Å². The molecule has 1 N–H and O–H groups in total. The summed E-state index contributed by atoms with van der Waals surface area (Å²) in [5.74, 6) is -1.95. The molecule has 1 aromatic rings. The number of amides is 2. The molecular formula is C16H23F2N3O2. The summed E-state index contributed by atoms with van der Waals surface area (Å²) in [6.45, 7) is 6.62. The maximum Gasteiger partial charge on any atom is 0.241 e. The maximum atomic E-state index is 13.5. The Morgan fingerprint density at radius 1 is 1.22 bits per heavy atom. The van der Waals surface area contributed by atoms with Gasteiger partial charge in [0, 0.05) is 19.2 Å². The molecule has 0 saturated carbocycles. The average molecular weight is 327 g/mol. The van der Waals surface area contributed by atoms with Crippen molar-refractivity contribution < 1.29 is 18.4 Å². The molecule has 0 fully saturated rings. The summed E-state index contributed by atoms with van der Waals surface area (Å²) in [7, 11) is 1.63. The van der Waals surface area contributed by atoms with Crippen LogP contribution in [0.2, 0.25) is 0 Å². The van der Waals surface area contributed by atoms with E-state index in [1.54, 1.807) is 23.8 Å². The zero-order chi connectivity index (χ0) is 17.6. The Balaban J connectivity index is 2.68. The van der Waals surface area contributed by atoms with Crippen LogP contribution in [0, 0.1) is 11.6 Å². The number of carbonyl (C=O) groups is 2. The fourth-order valence-electron chi connectivity index (χ4n) is 2.06. The van der Waals surface area contributed by atoms with Gasteiger partial charge in [0.2, 0.25) is 11.8 Å². The van der Waals surface area contributed by atoms with Gasteiger partial charge in [-0.05, 0) is 40.0 Å². The van der Waals surface area contributed by atoms with Crippen LogP contribution in [0.3, 0.4) is 0 Å². The zero-order valence-electron chi connectivity index (χ0n) is 13.9. The van der Waals surface area contributed by atoms with E-state index in [2.05, 4.69) is 5.32 Å². The van der Waals surface area contributed by atoms with Crippen molar-refractivity contribution in [1.82, 2.24) is 9.80 Å². The second kappa shape index (κ2) is 8.57. The Kier molecular flexibility index (Phi) is 7.09. The molecule has 1 rings (SSSR count). The minimum atomic E-state index is -0.714. The molecule has 0 heterocycles. The number of likely N-dealkylation sites (N-methyl/N-ethyl adjacent to an activating group) is 2. The van der Waals surface area contributed by atoms with Gasteiger partial charge in [-0.2, -0.15) is 0 Å². The van der Waals surface area contributed by atoms with Gasteiger partial charge in [-0.15, -0.1) is 0 Å². The number of rotatable bonds is 7. The molecule has 0 bridgehead atoms. The predicted octanol–water partition coefficient (Wildman–Crippen LogP) is 2.09. The molecule has 1 unspecified atom stereocenters. The first-order valence-electron chi connectivity index (χ1n) is 7.54. The third-order valence-corrected chi connectivity index (χ3v) is 3.73. The van der Waals surface area contributed by atoms with Crippen LogP contribution in [0.1, 0.15) is 20.8 Å². The lowest BCUT2D eigenvalue weighted by Gasteiger charge is -2.26. The Labute approximate surface area is 135 Å². The normalized spacial score (nSPS) is 12.1. The fraction of sp³-hybridized carbons (Fsp3) is 0.500. The lowest BCUT2D eigenvalue weighted by atomic mass is 10.2. The van der Waals surface area contributed by atoms with Crippen LogP contribution in [0.5, 0.6) is 0 Å². The van der Waals surface area contributed by atoms with Crippen molar-refractivity contribution in [2.45, 2.75) is 26.8 Å². The van der Waals surface area contributed by atoms with E-state index in [4.69, 9.17) is 0 Å². The molecule has 0 saturated heterocycles. The van der Waals surface area contributed by atoms with E-state index in [0.29, 0.717) is 13.1 Å². The molecule has 0 aliphatic rings. The highest BCUT2D eigenvalue weighted by atomic mass is 19.1. The van der Waals surface area contributed by atoms with Crippen LogP contribution in [0.25, 0.3) is 0 Å². The lowest BCUT2D eigenvalue weighted by Crippen LogP contribution is -2.46. The van der Waals surface area contributed by atoms with E-state index in [0.717, 1.165) is 18.2 Å². The number of halogens is 2. The third kappa shape index (κ3) is 5.28. The number of carbonyl (C=O) groups excluding carboxylic acids is 2. The van der Waals surface area contributed by atoms with Crippen molar-refractivity contribution in [1.29, 1.82) is 0 Å². The smallest absolute Gasteiger partial charge is 0.241 e. The molecule has 1 atom stereocenters. The van der Waals surface area contributed by atoms with E-state index in [-0.39, 0.29) is 18.1 Å². The van der Waals surface area contributed by atoms with Crippen molar-refractivity contribution in [2.24, 2.45) is 0 Å². The van der Waals surface area contributed by atoms with Crippen LogP contribution in [-0.2, 0) is 9.59 Å². The molecule has 2 amide bonds. The summed E-state index contributed by atoms with van der Waals surface area (Å²) in [4.78, 5) is 27.4. The monoisotopic (exact) mass is 327 g/mol. The third-order valence-electron chi connectivity index (χ3n) is 3.73. The lowest BCUT2D eigenvalue weighted by molar-refractivity contribution is -0.133. The quantitative estimate of drug-likeness (QED) is 0.834. The maximum absolute atomic E-state index is 13.5. The number of anilines is 1. The van der Waals surface area contributed by atoms with Gasteiger partial charge in [0.05, 0.1) is 18.3 Å². The molecule has 0 aromatic heterocycles. The van der Waals surface area contributed by atoms with Crippen molar-refractivity contribution >= 4 is 17.5 Å². The largest absolute Gasteiger partial charge is 0.342 e. The van der Waals surface area contributed by atoms with Crippen molar-refractivity contribution in [3.8, 4) is 0 Å². The van der Waals surface area contributed by atoms with Crippen molar-refractivity contribution in [3.63, 3.8) is 0 Å². The zero-order valence-corrected chi connectivity index (χ0v) is 13.9. The summed E-state index contributed by atoms with van der Waals surface area (Å²) in [5.41, 5.74) is -0.217. The summed E-state index contributed by atoms with van der Waals surface area (Å²) in [6.07, 6.45) is 0. The minimum Gasteiger partial charge on any atom is -0.342 e. The molecule has 7 heteroatoms. The van der Waals surface area contributed by atoms with Crippen LogP contribution in [0.4, 0.5) is 14.5 Å². The first-order chi connectivity index (χ1) is 10.8. The fourth-order valence-corrected chi connectivity index (χ4v) is 2.06. The molecule has 128 valence electrons. The van der Waals surface area contributed by atoms with Crippen LogP contribution < -0.4 is 5.32 Å². The summed E-state index contributed by atoms with van der Waals surface area (Å²) in [5, 5.41) is 2.34. The highest BCUT2D eigenvalue weighted by Crippen LogP contribution is 2.16. The molecule has 1 aromatic carbocycles. The van der Waals surface area contributed by atoms with Gasteiger partial charge in [-0.1, -0.05) is 0 Å². The van der Waals surface area contributed by atoms with Gasteiger partial charge < -0.3 is 10.2 Å². The first kappa shape index (κ1) is 19.0. The summed E-state index contributed by atoms with van der Waals surface area (Å²) >= 11 is 0. The second-order valence-electron chi connectivity index (χ2n) is 5.27. The Bertz CT molecular complexity index is 562. The van der Waals surface area contributed by atoms with Gasteiger partial charge in [0.15, 0.2) is 0 Å². The number of hydrogen-bond donors (Lipinski definition) is 1. The van der Waals surface area contributed by atoms with Crippen LogP contribution in [-0.4, -0.2) is 54.3 Å². The molecule has 0 aliphatic carbocycles. The van der Waals surface area contributed by atoms with Gasteiger partial charge in [0.25, 0.3) is 0 Å². The van der Waals surface area contributed by atoms with Crippen LogP contribution >= 0.6 is 0 Å². The Morgan fingerprint density at radius 2 is 1.83 bits per heavy atom. The van der Waals surface area contributed by atoms with E-state index < -0.39 is 23.6 Å². The number of nitrogens with one attached hydrogen (secondary N) is 1. The van der Waals surface area contributed by atoms with Gasteiger partial charge in [-0.3, -0.25) is 14.5 Å². The van der Waals surface area contributed by atoms with Gasteiger partial charge in [-0.25, -0.2) is 8.78 Å². The Morgan fingerprint density at radius 3 is 2.39 bits per heavy atom. The average Bonchev–Trinajstić information content (AvgIpc) is 2.51. The standard InChI is InChI=1S/C16H23F2N3O2/c1-5-21(6-2)15(22)10-20(4)11(3)16(23)19-14-9-12(17)7-8-13(14)18/h7-9,11H,5-6,10H2,1-4H3,(H,19,23). The van der Waals surface area contributed by atoms with E-state index in [1.807, 2.05) is 13.8 Å². The van der Waals surface area contributed by atoms with E-state index >= 15 is 0 Å². The predicted molar refractivity (Wildman–Crippen MR) is 85.0 cm³/mol. The summed E-state index contributed by atoms with van der Waals surface area (Å²) in [6, 6.07) is 2.17. The molecule has 0 radical (unpaired) electrons. The van der Waals surface area contributed by atoms with Gasteiger partial charge >= 0.3 is 0 Å². The van der Waals surface area contributed by atoms with Crippen LogP contribution in [0.15, 0.2) is 18.2 Å². The molecule has 23 heavy (non-hydrogen) atoms. The first-order valence-corrected chi connectivity index (χ1v) is 7.54. The van der Waals surface area contributed by atoms with Crippen molar-refractivity contribution in [2.75, 3.05) is 32.0 Å². The highest BCUT2D eigenvalue weighted by molar-refractivity contribution is 5.95. The van der Waals surface area contributed by atoms with E-state index in [9.17, 15) is 18.4 Å². The second-order valence-corrected chi connectivity index (χ2v) is 5.27. The topological polar surface area (TPSA) is 52.7 Å². The van der Waals surface area contributed by atoms with Crippen molar-refractivity contribution in [3.05, 3.63) is 29.8 Å². The molecule has 5 nitrogen and oxygen atoms in total. The SMILES string of the molecule is CCN(CC)C(=O)CN(C)C(C)C(=O)Nc1cc(F)ccc1F. The molecular weight excluding hydrogens is 304 g/mol. The number of benzene rings is 1. The molecule has 0 aliphatic heterocycles. The number of nitrogens with zero attached hydrogens (tertiary/aromatic N) is 2. The summed E-state index contributed by atoms with van der Waals surface area (Å²) < 4.78 is 26.7. The Hall–Kier alpha value is -2.02. The molecule has 0 spiro atoms. The highest BCUT2D eigenvalue weighted by Gasteiger charge is 2.22. The number of hydrogen-bond acceptors (Lipinski definition) is 3.